The first kappa shape index (κ1) is 15.3. The number of carbonyl (C=O) groups excluding carboxylic acids is 1. The Bertz CT molecular complexity index is 459. The molecule has 0 saturated heterocycles. The zero-order valence-corrected chi connectivity index (χ0v) is 13.3. The molecule has 1 saturated carbocycles. The molecule has 0 aliphatic heterocycles. The first-order chi connectivity index (χ1) is 9.56. The maximum atomic E-state index is 12.1. The SMILES string of the molecule is CN(Cc1ccccc1Br)C(=O)NC1CCC(O)CC1. The number of nitrogens with zero attached hydrogens (tertiary/aromatic N) is 1. The Morgan fingerprint density at radius 1 is 1.35 bits per heavy atom. The van der Waals surface area contributed by atoms with Crippen LogP contribution in [0.1, 0.15) is 31.2 Å². The topological polar surface area (TPSA) is 52.6 Å². The van der Waals surface area contributed by atoms with E-state index in [4.69, 9.17) is 0 Å². The van der Waals surface area contributed by atoms with Crippen molar-refractivity contribution in [2.45, 2.75) is 44.4 Å². The van der Waals surface area contributed by atoms with Crippen LogP contribution in [0, 0.1) is 0 Å². The van der Waals surface area contributed by atoms with Crippen molar-refractivity contribution < 1.29 is 9.90 Å². The normalized spacial score (nSPS) is 22.4. The smallest absolute Gasteiger partial charge is 0.317 e. The molecule has 2 rings (SSSR count). The van der Waals surface area contributed by atoms with E-state index in [9.17, 15) is 9.90 Å². The number of rotatable bonds is 3. The summed E-state index contributed by atoms with van der Waals surface area (Å²) < 4.78 is 1.01. The van der Waals surface area contributed by atoms with Gasteiger partial charge in [-0.15, -0.1) is 0 Å². The van der Waals surface area contributed by atoms with Gasteiger partial charge in [0.1, 0.15) is 0 Å². The molecule has 20 heavy (non-hydrogen) atoms. The van der Waals surface area contributed by atoms with Crippen molar-refractivity contribution in [3.63, 3.8) is 0 Å². The lowest BCUT2D eigenvalue weighted by Gasteiger charge is -2.28. The largest absolute Gasteiger partial charge is 0.393 e. The van der Waals surface area contributed by atoms with Gasteiger partial charge in [-0.2, -0.15) is 0 Å². The molecule has 1 fully saturated rings. The molecule has 1 aromatic carbocycles. The Morgan fingerprint density at radius 3 is 2.65 bits per heavy atom. The van der Waals surface area contributed by atoms with Crippen LogP contribution in [-0.4, -0.2) is 35.2 Å². The third-order valence-electron chi connectivity index (χ3n) is 3.74. The molecule has 0 radical (unpaired) electrons. The van der Waals surface area contributed by atoms with Crippen molar-refractivity contribution in [2.24, 2.45) is 0 Å². The number of nitrogens with one attached hydrogen (secondary N) is 1. The molecular weight excluding hydrogens is 320 g/mol. The monoisotopic (exact) mass is 340 g/mol. The first-order valence-electron chi connectivity index (χ1n) is 6.99. The van der Waals surface area contributed by atoms with Crippen LogP contribution in [0.4, 0.5) is 4.79 Å². The molecule has 4 nitrogen and oxygen atoms in total. The average Bonchev–Trinajstić information content (AvgIpc) is 2.44. The summed E-state index contributed by atoms with van der Waals surface area (Å²) in [5.74, 6) is 0. The fourth-order valence-electron chi connectivity index (χ4n) is 2.46. The highest BCUT2D eigenvalue weighted by molar-refractivity contribution is 9.10. The van der Waals surface area contributed by atoms with E-state index in [1.165, 1.54) is 0 Å². The van der Waals surface area contributed by atoms with E-state index in [1.807, 2.05) is 24.3 Å². The van der Waals surface area contributed by atoms with E-state index < -0.39 is 0 Å². The Labute approximate surface area is 128 Å². The summed E-state index contributed by atoms with van der Waals surface area (Å²) in [4.78, 5) is 13.8. The van der Waals surface area contributed by atoms with Gasteiger partial charge in [0.05, 0.1) is 6.10 Å². The highest BCUT2D eigenvalue weighted by atomic mass is 79.9. The van der Waals surface area contributed by atoms with E-state index in [0.717, 1.165) is 35.7 Å². The molecule has 0 heterocycles. The van der Waals surface area contributed by atoms with E-state index >= 15 is 0 Å². The molecule has 1 aliphatic rings. The molecule has 1 aliphatic carbocycles. The summed E-state index contributed by atoms with van der Waals surface area (Å²) in [6.07, 6.45) is 3.07. The maximum absolute atomic E-state index is 12.1. The lowest BCUT2D eigenvalue weighted by molar-refractivity contribution is 0.115. The number of hydrogen-bond acceptors (Lipinski definition) is 2. The van der Waals surface area contributed by atoms with Crippen molar-refractivity contribution in [3.8, 4) is 0 Å². The second kappa shape index (κ2) is 7.09. The van der Waals surface area contributed by atoms with Crippen LogP contribution in [0.5, 0.6) is 0 Å². The average molecular weight is 341 g/mol. The maximum Gasteiger partial charge on any atom is 0.317 e. The predicted molar refractivity (Wildman–Crippen MR) is 82.4 cm³/mol. The number of hydrogen-bond donors (Lipinski definition) is 2. The minimum absolute atomic E-state index is 0.0536. The number of carbonyl (C=O) groups is 1. The third-order valence-corrected chi connectivity index (χ3v) is 4.51. The molecule has 2 amide bonds. The summed E-state index contributed by atoms with van der Waals surface area (Å²) in [5, 5.41) is 12.5. The molecule has 0 atom stereocenters. The number of aliphatic hydroxyl groups excluding tert-OH is 1. The summed E-state index contributed by atoms with van der Waals surface area (Å²) in [5.41, 5.74) is 1.09. The van der Waals surface area contributed by atoms with Gasteiger partial charge in [-0.1, -0.05) is 34.1 Å². The second-order valence-corrected chi connectivity index (χ2v) is 6.26. The van der Waals surface area contributed by atoms with Gasteiger partial charge >= 0.3 is 6.03 Å². The van der Waals surface area contributed by atoms with E-state index in [0.29, 0.717) is 6.54 Å². The van der Waals surface area contributed by atoms with Crippen LogP contribution >= 0.6 is 15.9 Å². The summed E-state index contributed by atoms with van der Waals surface area (Å²) in [6, 6.07) is 8.04. The van der Waals surface area contributed by atoms with E-state index in [1.54, 1.807) is 11.9 Å². The molecular formula is C15H21BrN2O2. The van der Waals surface area contributed by atoms with Gasteiger partial charge in [0.2, 0.25) is 0 Å². The number of aliphatic hydroxyl groups is 1. The quantitative estimate of drug-likeness (QED) is 0.888. The molecule has 0 bridgehead atoms. The Balaban J connectivity index is 1.84. The fraction of sp³-hybridized carbons (Fsp3) is 0.533. The van der Waals surface area contributed by atoms with Gasteiger partial charge in [0.25, 0.3) is 0 Å². The Hall–Kier alpha value is -1.07. The fourth-order valence-corrected chi connectivity index (χ4v) is 2.87. The number of urea groups is 1. The van der Waals surface area contributed by atoms with Crippen LogP contribution in [0.15, 0.2) is 28.7 Å². The number of halogens is 1. The van der Waals surface area contributed by atoms with Crippen molar-refractivity contribution in [1.82, 2.24) is 10.2 Å². The van der Waals surface area contributed by atoms with E-state index in [-0.39, 0.29) is 18.2 Å². The van der Waals surface area contributed by atoms with Crippen molar-refractivity contribution in [2.75, 3.05) is 7.05 Å². The van der Waals surface area contributed by atoms with Gasteiger partial charge in [0.15, 0.2) is 0 Å². The first-order valence-corrected chi connectivity index (χ1v) is 7.78. The van der Waals surface area contributed by atoms with Gasteiger partial charge in [0, 0.05) is 24.1 Å². The lowest BCUT2D eigenvalue weighted by atomic mass is 9.93. The Morgan fingerprint density at radius 2 is 2.00 bits per heavy atom. The summed E-state index contributed by atoms with van der Waals surface area (Å²) in [7, 11) is 1.80. The summed E-state index contributed by atoms with van der Waals surface area (Å²) in [6.45, 7) is 0.572. The molecule has 5 heteroatoms. The molecule has 110 valence electrons. The highest BCUT2D eigenvalue weighted by Crippen LogP contribution is 2.19. The number of benzene rings is 1. The second-order valence-electron chi connectivity index (χ2n) is 5.40. The molecule has 0 unspecified atom stereocenters. The molecule has 1 aromatic rings. The van der Waals surface area contributed by atoms with Crippen LogP contribution in [0.3, 0.4) is 0 Å². The summed E-state index contributed by atoms with van der Waals surface area (Å²) >= 11 is 3.49. The van der Waals surface area contributed by atoms with Crippen LogP contribution in [0.25, 0.3) is 0 Å². The van der Waals surface area contributed by atoms with Gasteiger partial charge < -0.3 is 15.3 Å². The van der Waals surface area contributed by atoms with Gasteiger partial charge in [-0.25, -0.2) is 4.79 Å². The third kappa shape index (κ3) is 4.21. The zero-order chi connectivity index (χ0) is 14.5. The van der Waals surface area contributed by atoms with Crippen LogP contribution < -0.4 is 5.32 Å². The predicted octanol–water partition coefficient (Wildman–Crippen LogP) is 2.89. The lowest BCUT2D eigenvalue weighted by Crippen LogP contribution is -2.44. The standard InChI is InChI=1S/C15H21BrN2O2/c1-18(10-11-4-2-3-5-14(11)16)15(20)17-12-6-8-13(19)9-7-12/h2-5,12-13,19H,6-10H2,1H3,(H,17,20). The zero-order valence-electron chi connectivity index (χ0n) is 11.7. The van der Waals surface area contributed by atoms with E-state index in [2.05, 4.69) is 21.2 Å². The highest BCUT2D eigenvalue weighted by Gasteiger charge is 2.22. The molecule has 0 spiro atoms. The van der Waals surface area contributed by atoms with Gasteiger partial charge in [-0.3, -0.25) is 0 Å². The van der Waals surface area contributed by atoms with Gasteiger partial charge in [-0.05, 0) is 37.3 Å². The van der Waals surface area contributed by atoms with Crippen LogP contribution in [0.2, 0.25) is 0 Å². The van der Waals surface area contributed by atoms with Crippen molar-refractivity contribution in [1.29, 1.82) is 0 Å². The molecule has 2 N–H and O–H groups in total. The van der Waals surface area contributed by atoms with Crippen molar-refractivity contribution in [3.05, 3.63) is 34.3 Å². The Kier molecular flexibility index (Phi) is 5.43. The van der Waals surface area contributed by atoms with Crippen LogP contribution in [-0.2, 0) is 6.54 Å². The minimum atomic E-state index is -0.193. The minimum Gasteiger partial charge on any atom is -0.393 e. The molecule has 0 aromatic heterocycles. The van der Waals surface area contributed by atoms with Crippen molar-refractivity contribution >= 4 is 22.0 Å². The number of amides is 2.